The minimum absolute atomic E-state index is 0.0173. The molecule has 11 nitrogen and oxygen atoms in total. The van der Waals surface area contributed by atoms with Gasteiger partial charge in [0, 0.05) is 22.0 Å². The third kappa shape index (κ3) is 5.70. The molecule has 0 aliphatic rings. The average Bonchev–Trinajstić information content (AvgIpc) is 2.84. The number of carboxylic acid groups (broad SMARTS) is 1. The number of halogens is 1. The van der Waals surface area contributed by atoms with E-state index in [1.54, 1.807) is 25.1 Å². The first-order valence-corrected chi connectivity index (χ1v) is 12.0. The molecule has 0 fully saturated rings. The van der Waals surface area contributed by atoms with E-state index in [1.807, 2.05) is 13.8 Å². The van der Waals surface area contributed by atoms with E-state index in [-0.39, 0.29) is 35.1 Å². The Morgan fingerprint density at radius 1 is 1.31 bits per heavy atom. The highest BCUT2D eigenvalue weighted by Gasteiger charge is 2.26. The summed E-state index contributed by atoms with van der Waals surface area (Å²) in [5.74, 6) is -1.25. The Balaban J connectivity index is 2.18. The number of hydrogen-bond donors (Lipinski definition) is 1. The molecule has 1 N–H and O–H groups in total. The van der Waals surface area contributed by atoms with Gasteiger partial charge in [0.1, 0.15) is 5.82 Å². The van der Waals surface area contributed by atoms with Gasteiger partial charge in [0.25, 0.3) is 5.56 Å². The third-order valence-electron chi connectivity index (χ3n) is 5.41. The first-order valence-electron chi connectivity index (χ1n) is 11.2. The maximum Gasteiger partial charge on any atom is 0.344 e. The molecule has 0 spiro atoms. The molecule has 0 radical (unpaired) electrons. The molecular weight excluding hydrogens is 536 g/mol. The van der Waals surface area contributed by atoms with Crippen LogP contribution in [-0.4, -0.2) is 44.6 Å². The topological polar surface area (TPSA) is 146 Å². The summed E-state index contributed by atoms with van der Waals surface area (Å²) in [5, 5.41) is 25.6. The second kappa shape index (κ2) is 11.3. The lowest BCUT2D eigenvalue weighted by molar-refractivity contribution is -0.386. The van der Waals surface area contributed by atoms with Crippen LogP contribution in [0.3, 0.4) is 0 Å². The predicted octanol–water partition coefficient (Wildman–Crippen LogP) is 4.71. The number of rotatable bonds is 10. The Kier molecular flexibility index (Phi) is 8.41. The molecule has 0 aliphatic heterocycles. The van der Waals surface area contributed by atoms with E-state index in [2.05, 4.69) is 26.0 Å². The van der Waals surface area contributed by atoms with Crippen LogP contribution in [0.2, 0.25) is 0 Å². The van der Waals surface area contributed by atoms with E-state index in [9.17, 15) is 19.7 Å². The van der Waals surface area contributed by atoms with Gasteiger partial charge in [-0.15, -0.1) is 0 Å². The standard InChI is InChI=1S/C24H25BrN4O7/c1-5-13(3)22-27-18-8-7-16(25)11-17(18)23(30)28(22)26-12-15-9-19(29(33)34)21(20(10-15)35-6-2)36-14(4)24(31)32/h7-14H,5-6H2,1-4H3,(H,31,32)/t13-,14-/m0/s1. The molecule has 0 bridgehead atoms. The molecule has 0 saturated heterocycles. The zero-order valence-electron chi connectivity index (χ0n) is 20.1. The van der Waals surface area contributed by atoms with E-state index >= 15 is 0 Å². The second-order valence-corrected chi connectivity index (χ2v) is 8.87. The molecule has 12 heteroatoms. The van der Waals surface area contributed by atoms with Gasteiger partial charge in [-0.25, -0.2) is 9.78 Å². The molecule has 0 unspecified atom stereocenters. The molecular formula is C24H25BrN4O7. The van der Waals surface area contributed by atoms with Crippen molar-refractivity contribution in [2.75, 3.05) is 6.61 Å². The van der Waals surface area contributed by atoms with Gasteiger partial charge >= 0.3 is 11.7 Å². The van der Waals surface area contributed by atoms with E-state index in [4.69, 9.17) is 14.6 Å². The molecule has 36 heavy (non-hydrogen) atoms. The minimum Gasteiger partial charge on any atom is -0.490 e. The fourth-order valence-corrected chi connectivity index (χ4v) is 3.69. The summed E-state index contributed by atoms with van der Waals surface area (Å²) in [6, 6.07) is 7.81. The number of nitro groups is 1. The molecule has 1 aromatic heterocycles. The van der Waals surface area contributed by atoms with Crippen LogP contribution >= 0.6 is 15.9 Å². The van der Waals surface area contributed by atoms with Crippen molar-refractivity contribution in [3.63, 3.8) is 0 Å². The summed E-state index contributed by atoms with van der Waals surface area (Å²) < 4.78 is 12.7. The van der Waals surface area contributed by atoms with E-state index in [0.717, 1.165) is 0 Å². The van der Waals surface area contributed by atoms with Gasteiger partial charge in [0.05, 0.1) is 28.6 Å². The van der Waals surface area contributed by atoms with Gasteiger partial charge in [-0.1, -0.05) is 29.8 Å². The molecule has 2 atom stereocenters. The van der Waals surface area contributed by atoms with E-state index in [0.29, 0.717) is 27.6 Å². The van der Waals surface area contributed by atoms with Crippen LogP contribution in [0, 0.1) is 10.1 Å². The second-order valence-electron chi connectivity index (χ2n) is 7.96. The molecule has 2 aromatic carbocycles. The Morgan fingerprint density at radius 3 is 2.64 bits per heavy atom. The number of nitrogens with zero attached hydrogens (tertiary/aromatic N) is 4. The highest BCUT2D eigenvalue weighted by Crippen LogP contribution is 2.39. The van der Waals surface area contributed by atoms with Gasteiger partial charge in [-0.2, -0.15) is 9.78 Å². The number of carboxylic acids is 1. The van der Waals surface area contributed by atoms with Crippen molar-refractivity contribution < 1.29 is 24.3 Å². The largest absolute Gasteiger partial charge is 0.490 e. The maximum absolute atomic E-state index is 13.3. The molecule has 0 aliphatic carbocycles. The molecule has 3 aromatic rings. The molecule has 1 heterocycles. The molecule has 0 saturated carbocycles. The number of hydrogen-bond acceptors (Lipinski definition) is 8. The van der Waals surface area contributed by atoms with E-state index < -0.39 is 22.7 Å². The summed E-state index contributed by atoms with van der Waals surface area (Å²) in [6.45, 7) is 6.97. The smallest absolute Gasteiger partial charge is 0.344 e. The number of fused-ring (bicyclic) bond motifs is 1. The van der Waals surface area contributed by atoms with Crippen molar-refractivity contribution in [3.8, 4) is 11.5 Å². The predicted molar refractivity (Wildman–Crippen MR) is 137 cm³/mol. The van der Waals surface area contributed by atoms with Gasteiger partial charge < -0.3 is 14.6 Å². The average molecular weight is 561 g/mol. The number of carbonyl (C=O) groups is 1. The van der Waals surface area contributed by atoms with Crippen molar-refractivity contribution in [2.24, 2.45) is 5.10 Å². The first kappa shape index (κ1) is 26.8. The Bertz CT molecular complexity index is 1400. The lowest BCUT2D eigenvalue weighted by atomic mass is 10.1. The monoisotopic (exact) mass is 560 g/mol. The Labute approximate surface area is 214 Å². The Morgan fingerprint density at radius 2 is 2.03 bits per heavy atom. The SMILES string of the molecule is CCOc1cc(C=Nn2c([C@@H](C)CC)nc3ccc(Br)cc3c2=O)cc([N+](=O)[O-])c1O[C@@H](C)C(=O)O. The van der Waals surface area contributed by atoms with Gasteiger partial charge in [-0.05, 0) is 44.5 Å². The lowest BCUT2D eigenvalue weighted by Crippen LogP contribution is -2.24. The van der Waals surface area contributed by atoms with Crippen LogP contribution in [0.1, 0.15) is 51.4 Å². The van der Waals surface area contributed by atoms with Gasteiger partial charge in [0.15, 0.2) is 11.9 Å². The number of benzene rings is 2. The molecule has 190 valence electrons. The van der Waals surface area contributed by atoms with Crippen molar-refractivity contribution in [1.82, 2.24) is 9.66 Å². The quantitative estimate of drug-likeness (QED) is 0.213. The molecule has 0 amide bonds. The van der Waals surface area contributed by atoms with Gasteiger partial charge in [0.2, 0.25) is 5.75 Å². The van der Waals surface area contributed by atoms with Crippen molar-refractivity contribution >= 4 is 44.7 Å². The third-order valence-corrected chi connectivity index (χ3v) is 5.90. The highest BCUT2D eigenvalue weighted by atomic mass is 79.9. The summed E-state index contributed by atoms with van der Waals surface area (Å²) in [7, 11) is 0. The number of ether oxygens (including phenoxy) is 2. The van der Waals surface area contributed by atoms with Crippen LogP contribution in [0.4, 0.5) is 5.69 Å². The zero-order chi connectivity index (χ0) is 26.6. The maximum atomic E-state index is 13.3. The summed E-state index contributed by atoms with van der Waals surface area (Å²) in [4.78, 5) is 40.3. The van der Waals surface area contributed by atoms with Crippen molar-refractivity contribution in [1.29, 1.82) is 0 Å². The normalized spacial score (nSPS) is 13.0. The fourth-order valence-electron chi connectivity index (χ4n) is 3.33. The van der Waals surface area contributed by atoms with E-state index in [1.165, 1.54) is 29.9 Å². The van der Waals surface area contributed by atoms with Crippen LogP contribution in [0.5, 0.6) is 11.5 Å². The zero-order valence-corrected chi connectivity index (χ0v) is 21.7. The number of aliphatic carboxylic acids is 1. The number of nitro benzene ring substituents is 1. The summed E-state index contributed by atoms with van der Waals surface area (Å²) >= 11 is 3.36. The van der Waals surface area contributed by atoms with Crippen LogP contribution in [0.15, 0.2) is 44.7 Å². The highest BCUT2D eigenvalue weighted by molar-refractivity contribution is 9.10. The molecule has 3 rings (SSSR count). The minimum atomic E-state index is -1.35. The van der Waals surface area contributed by atoms with Crippen LogP contribution < -0.4 is 15.0 Å². The first-order chi connectivity index (χ1) is 17.1. The summed E-state index contributed by atoms with van der Waals surface area (Å²) in [6.07, 6.45) is 0.651. The fraction of sp³-hybridized carbons (Fsp3) is 0.333. The summed E-state index contributed by atoms with van der Waals surface area (Å²) in [5.41, 5.74) is -0.0988. The lowest BCUT2D eigenvalue weighted by Gasteiger charge is -2.16. The van der Waals surface area contributed by atoms with Crippen LogP contribution in [-0.2, 0) is 4.79 Å². The Hall–Kier alpha value is -3.80. The number of aromatic nitrogens is 2. The van der Waals surface area contributed by atoms with Gasteiger partial charge in [-0.3, -0.25) is 14.9 Å². The van der Waals surface area contributed by atoms with Crippen LogP contribution in [0.25, 0.3) is 10.9 Å². The van der Waals surface area contributed by atoms with Crippen molar-refractivity contribution in [3.05, 3.63) is 66.7 Å². The van der Waals surface area contributed by atoms with Crippen molar-refractivity contribution in [2.45, 2.75) is 46.1 Å².